The van der Waals surface area contributed by atoms with Gasteiger partial charge in [-0.15, -0.1) is 11.6 Å². The normalized spacial score (nSPS) is 17.4. The van der Waals surface area contributed by atoms with Gasteiger partial charge in [0.1, 0.15) is 0 Å². The van der Waals surface area contributed by atoms with Gasteiger partial charge >= 0.3 is 0 Å². The summed E-state index contributed by atoms with van der Waals surface area (Å²) in [7, 11) is 0. The zero-order chi connectivity index (χ0) is 12.1. The van der Waals surface area contributed by atoms with Gasteiger partial charge in [-0.3, -0.25) is 9.69 Å². The van der Waals surface area contributed by atoms with Crippen molar-refractivity contribution in [1.29, 1.82) is 0 Å². The molecule has 1 aromatic rings. The highest BCUT2D eigenvalue weighted by Crippen LogP contribution is 2.10. The third-order valence-electron chi connectivity index (χ3n) is 3.06. The number of carbonyl (C=O) groups is 1. The Balaban J connectivity index is 1.78. The Morgan fingerprint density at radius 2 is 2.12 bits per heavy atom. The van der Waals surface area contributed by atoms with Crippen molar-refractivity contribution in [3.8, 4) is 0 Å². The Bertz CT molecular complexity index is 347. The third-order valence-corrected chi connectivity index (χ3v) is 3.96. The minimum absolute atomic E-state index is 0.244. The van der Waals surface area contributed by atoms with Gasteiger partial charge in [-0.2, -0.15) is 11.3 Å². The zero-order valence-electron chi connectivity index (χ0n) is 9.77. The lowest BCUT2D eigenvalue weighted by Gasteiger charge is -2.34. The minimum atomic E-state index is 0.244. The smallest absolute Gasteiger partial charge is 0.227 e. The highest BCUT2D eigenvalue weighted by Gasteiger charge is 2.20. The van der Waals surface area contributed by atoms with Crippen LogP contribution in [-0.2, 0) is 11.2 Å². The van der Waals surface area contributed by atoms with E-state index in [4.69, 9.17) is 11.6 Å². The summed E-state index contributed by atoms with van der Waals surface area (Å²) in [5, 5.41) is 4.06. The number of carbonyl (C=O) groups excluding carboxylic acids is 1. The summed E-state index contributed by atoms with van der Waals surface area (Å²) >= 11 is 7.35. The molecule has 0 radical (unpaired) electrons. The number of nitrogens with zero attached hydrogens (tertiary/aromatic N) is 2. The number of alkyl halides is 1. The number of halogens is 1. The van der Waals surface area contributed by atoms with Crippen LogP contribution in [0.2, 0.25) is 0 Å². The lowest BCUT2D eigenvalue weighted by molar-refractivity contribution is -0.132. The first-order chi connectivity index (χ1) is 8.29. The maximum atomic E-state index is 12.0. The number of piperazine rings is 1. The fourth-order valence-electron chi connectivity index (χ4n) is 2.02. The van der Waals surface area contributed by atoms with Crippen molar-refractivity contribution in [2.24, 2.45) is 0 Å². The molecule has 17 heavy (non-hydrogen) atoms. The van der Waals surface area contributed by atoms with Gasteiger partial charge in [0.15, 0.2) is 0 Å². The molecular formula is C12H17ClN2OS. The van der Waals surface area contributed by atoms with Crippen molar-refractivity contribution in [1.82, 2.24) is 9.80 Å². The van der Waals surface area contributed by atoms with E-state index in [1.165, 1.54) is 0 Å². The highest BCUT2D eigenvalue weighted by molar-refractivity contribution is 7.07. The predicted molar refractivity (Wildman–Crippen MR) is 71.8 cm³/mol. The summed E-state index contributed by atoms with van der Waals surface area (Å²) in [6.07, 6.45) is 0.541. The van der Waals surface area contributed by atoms with E-state index >= 15 is 0 Å². The number of hydrogen-bond acceptors (Lipinski definition) is 3. The number of rotatable bonds is 4. The molecule has 2 heterocycles. The quantitative estimate of drug-likeness (QED) is 0.779. The van der Waals surface area contributed by atoms with Gasteiger partial charge < -0.3 is 4.90 Å². The van der Waals surface area contributed by atoms with Crippen molar-refractivity contribution >= 4 is 28.8 Å². The third kappa shape index (κ3) is 3.69. The van der Waals surface area contributed by atoms with Gasteiger partial charge in [0.25, 0.3) is 0 Å². The molecule has 0 saturated carbocycles. The van der Waals surface area contributed by atoms with Crippen molar-refractivity contribution in [2.75, 3.05) is 38.6 Å². The molecule has 0 N–H and O–H groups in total. The molecule has 1 aromatic heterocycles. The Labute approximate surface area is 111 Å². The Morgan fingerprint density at radius 3 is 2.71 bits per heavy atom. The van der Waals surface area contributed by atoms with E-state index in [1.807, 2.05) is 21.7 Å². The molecule has 1 aliphatic heterocycles. The van der Waals surface area contributed by atoms with E-state index in [0.29, 0.717) is 12.3 Å². The SMILES string of the molecule is O=C(Cc1ccsc1)N1CCN(CCCl)CC1. The summed E-state index contributed by atoms with van der Waals surface area (Å²) < 4.78 is 0. The predicted octanol–water partition coefficient (Wildman–Crippen LogP) is 1.67. The summed E-state index contributed by atoms with van der Waals surface area (Å²) in [4.78, 5) is 16.3. The topological polar surface area (TPSA) is 23.6 Å². The molecule has 0 aliphatic carbocycles. The second-order valence-corrected chi connectivity index (χ2v) is 5.38. The highest BCUT2D eigenvalue weighted by atomic mass is 35.5. The van der Waals surface area contributed by atoms with Gasteiger partial charge in [-0.05, 0) is 22.4 Å². The first-order valence-electron chi connectivity index (χ1n) is 5.87. The zero-order valence-corrected chi connectivity index (χ0v) is 11.3. The molecule has 0 spiro atoms. The summed E-state index contributed by atoms with van der Waals surface area (Å²) in [6.45, 7) is 4.48. The van der Waals surface area contributed by atoms with Gasteiger partial charge in [-0.1, -0.05) is 0 Å². The van der Waals surface area contributed by atoms with Crippen LogP contribution in [0.5, 0.6) is 0 Å². The minimum Gasteiger partial charge on any atom is -0.340 e. The van der Waals surface area contributed by atoms with Crippen LogP contribution in [0.15, 0.2) is 16.8 Å². The van der Waals surface area contributed by atoms with Crippen molar-refractivity contribution in [3.63, 3.8) is 0 Å². The van der Waals surface area contributed by atoms with E-state index in [9.17, 15) is 4.79 Å². The van der Waals surface area contributed by atoms with Crippen LogP contribution in [-0.4, -0.2) is 54.3 Å². The van der Waals surface area contributed by atoms with Gasteiger partial charge in [0.05, 0.1) is 6.42 Å². The van der Waals surface area contributed by atoms with Crippen molar-refractivity contribution in [2.45, 2.75) is 6.42 Å². The molecule has 1 saturated heterocycles. The summed E-state index contributed by atoms with van der Waals surface area (Å²) in [6, 6.07) is 2.02. The van der Waals surface area contributed by atoms with E-state index in [1.54, 1.807) is 11.3 Å². The van der Waals surface area contributed by atoms with Crippen LogP contribution in [0.3, 0.4) is 0 Å². The maximum Gasteiger partial charge on any atom is 0.227 e. The van der Waals surface area contributed by atoms with Crippen LogP contribution < -0.4 is 0 Å². The molecule has 0 unspecified atom stereocenters. The Hall–Kier alpha value is -0.580. The van der Waals surface area contributed by atoms with Crippen LogP contribution in [0.4, 0.5) is 0 Å². The monoisotopic (exact) mass is 272 g/mol. The number of hydrogen-bond donors (Lipinski definition) is 0. The average Bonchev–Trinajstić information content (AvgIpc) is 2.83. The summed E-state index contributed by atoms with van der Waals surface area (Å²) in [5.41, 5.74) is 1.13. The van der Waals surface area contributed by atoms with Crippen molar-refractivity contribution in [3.05, 3.63) is 22.4 Å². The standard InChI is InChI=1S/C12H17ClN2OS/c13-2-3-14-4-6-15(7-5-14)12(16)9-11-1-8-17-10-11/h1,8,10H,2-7,9H2. The van der Waals surface area contributed by atoms with Crippen molar-refractivity contribution < 1.29 is 4.79 Å². The second kappa shape index (κ2) is 6.38. The number of thiophene rings is 1. The first-order valence-corrected chi connectivity index (χ1v) is 7.34. The molecule has 1 amide bonds. The van der Waals surface area contributed by atoms with Crippen LogP contribution in [0, 0.1) is 0 Å². The fourth-order valence-corrected chi connectivity index (χ4v) is 2.93. The molecule has 0 atom stereocenters. The van der Waals surface area contributed by atoms with Gasteiger partial charge in [0, 0.05) is 38.6 Å². The fraction of sp³-hybridized carbons (Fsp3) is 0.583. The van der Waals surface area contributed by atoms with Crippen LogP contribution >= 0.6 is 22.9 Å². The second-order valence-electron chi connectivity index (χ2n) is 4.22. The molecule has 2 rings (SSSR count). The van der Waals surface area contributed by atoms with Gasteiger partial charge in [0.2, 0.25) is 5.91 Å². The maximum absolute atomic E-state index is 12.0. The lowest BCUT2D eigenvalue weighted by atomic mass is 10.2. The number of amides is 1. The molecule has 5 heteroatoms. The van der Waals surface area contributed by atoms with Crippen LogP contribution in [0.1, 0.15) is 5.56 Å². The largest absolute Gasteiger partial charge is 0.340 e. The lowest BCUT2D eigenvalue weighted by Crippen LogP contribution is -2.49. The first kappa shape index (κ1) is 12.9. The molecule has 1 fully saturated rings. The Kier molecular flexibility index (Phi) is 4.83. The van der Waals surface area contributed by atoms with E-state index < -0.39 is 0 Å². The molecule has 94 valence electrons. The molecule has 1 aliphatic rings. The van der Waals surface area contributed by atoms with E-state index in [-0.39, 0.29) is 5.91 Å². The Morgan fingerprint density at radius 1 is 1.35 bits per heavy atom. The molecule has 3 nitrogen and oxygen atoms in total. The van der Waals surface area contributed by atoms with Gasteiger partial charge in [-0.25, -0.2) is 0 Å². The molecule has 0 aromatic carbocycles. The average molecular weight is 273 g/mol. The molecule has 0 bridgehead atoms. The van der Waals surface area contributed by atoms with E-state index in [2.05, 4.69) is 4.90 Å². The summed E-state index contributed by atoms with van der Waals surface area (Å²) in [5.74, 6) is 0.914. The molecular weight excluding hydrogens is 256 g/mol. The van der Waals surface area contributed by atoms with Crippen LogP contribution in [0.25, 0.3) is 0 Å². The van der Waals surface area contributed by atoms with E-state index in [0.717, 1.165) is 38.3 Å².